The maximum absolute atomic E-state index is 12.2. The summed E-state index contributed by atoms with van der Waals surface area (Å²) in [7, 11) is 0. The highest BCUT2D eigenvalue weighted by atomic mass is 32.2. The number of rotatable bonds is 3. The van der Waals surface area contributed by atoms with Crippen molar-refractivity contribution in [2.24, 2.45) is 0 Å². The van der Waals surface area contributed by atoms with E-state index >= 15 is 0 Å². The van der Waals surface area contributed by atoms with Crippen LogP contribution < -0.4 is 11.2 Å². The first-order valence-electron chi connectivity index (χ1n) is 5.75. The molecule has 1 aliphatic heterocycles. The molecule has 0 bridgehead atoms. The summed E-state index contributed by atoms with van der Waals surface area (Å²) in [4.78, 5) is 25.0. The lowest BCUT2D eigenvalue weighted by Crippen LogP contribution is -2.32. The van der Waals surface area contributed by atoms with Gasteiger partial charge in [0.25, 0.3) is 11.6 Å². The zero-order valence-corrected chi connectivity index (χ0v) is 10.9. The number of hydrogen-bond donors (Lipinski definition) is 3. The minimum absolute atomic E-state index is 0.184. The summed E-state index contributed by atoms with van der Waals surface area (Å²) in [5.74, 6) is 0. The number of aromatic nitrogens is 2. The van der Waals surface area contributed by atoms with E-state index < -0.39 is 34.1 Å². The van der Waals surface area contributed by atoms with Crippen LogP contribution in [0.1, 0.15) is 17.4 Å². The zero-order chi connectivity index (χ0) is 14.9. The molecule has 20 heavy (non-hydrogen) atoms. The zero-order valence-electron chi connectivity index (χ0n) is 10.1. The number of halogens is 2. The molecule has 0 aliphatic carbocycles. The standard InChI is InChI=1S/C11H12F2N2O4S/c12-8(13)1-5-3-15(11(19)14-10(5)18)9-2-6(17)7(4-16)20-9/h1,3,6-7,9,16-17H,2,4H2,(H,14,18,19)/t6-,7+,9+/m0/s1. The third-order valence-corrected chi connectivity index (χ3v) is 4.50. The topological polar surface area (TPSA) is 95.3 Å². The van der Waals surface area contributed by atoms with Crippen LogP contribution in [-0.2, 0) is 0 Å². The van der Waals surface area contributed by atoms with Crippen molar-refractivity contribution in [1.82, 2.24) is 9.55 Å². The third kappa shape index (κ3) is 3.00. The van der Waals surface area contributed by atoms with Crippen LogP contribution in [0.2, 0.25) is 0 Å². The van der Waals surface area contributed by atoms with Crippen LogP contribution >= 0.6 is 11.8 Å². The van der Waals surface area contributed by atoms with Gasteiger partial charge >= 0.3 is 5.69 Å². The number of hydrogen-bond acceptors (Lipinski definition) is 5. The van der Waals surface area contributed by atoms with Gasteiger partial charge in [0.2, 0.25) is 0 Å². The average Bonchev–Trinajstić information content (AvgIpc) is 2.73. The van der Waals surface area contributed by atoms with Gasteiger partial charge in [-0.05, 0) is 0 Å². The van der Waals surface area contributed by atoms with Crippen LogP contribution in [0, 0.1) is 0 Å². The maximum Gasteiger partial charge on any atom is 0.329 e. The number of thioether (sulfide) groups is 1. The monoisotopic (exact) mass is 306 g/mol. The molecule has 0 amide bonds. The fraction of sp³-hybridized carbons (Fsp3) is 0.455. The summed E-state index contributed by atoms with van der Waals surface area (Å²) in [6, 6.07) is 0. The molecule has 3 N–H and O–H groups in total. The van der Waals surface area contributed by atoms with E-state index in [0.717, 1.165) is 22.5 Å². The van der Waals surface area contributed by atoms with Gasteiger partial charge in [-0.2, -0.15) is 8.78 Å². The Kier molecular flexibility index (Phi) is 4.41. The molecule has 0 radical (unpaired) electrons. The Labute approximate surface area is 115 Å². The molecular weight excluding hydrogens is 294 g/mol. The molecule has 1 saturated heterocycles. The molecule has 6 nitrogen and oxygen atoms in total. The fourth-order valence-electron chi connectivity index (χ4n) is 1.99. The van der Waals surface area contributed by atoms with Crippen molar-refractivity contribution in [2.45, 2.75) is 23.1 Å². The number of aromatic amines is 1. The Morgan fingerprint density at radius 2 is 2.25 bits per heavy atom. The Morgan fingerprint density at radius 1 is 1.55 bits per heavy atom. The van der Waals surface area contributed by atoms with E-state index in [-0.39, 0.29) is 18.6 Å². The van der Waals surface area contributed by atoms with Crippen molar-refractivity contribution in [1.29, 1.82) is 0 Å². The molecule has 0 aromatic carbocycles. The summed E-state index contributed by atoms with van der Waals surface area (Å²) < 4.78 is 25.5. The lowest BCUT2D eigenvalue weighted by atomic mass is 10.2. The van der Waals surface area contributed by atoms with Crippen molar-refractivity contribution in [3.05, 3.63) is 38.7 Å². The van der Waals surface area contributed by atoms with Crippen molar-refractivity contribution >= 4 is 17.8 Å². The predicted octanol–water partition coefficient (Wildman–Crippen LogP) is 0.131. The molecule has 9 heteroatoms. The average molecular weight is 306 g/mol. The van der Waals surface area contributed by atoms with Crippen molar-refractivity contribution in [2.75, 3.05) is 6.61 Å². The molecule has 0 saturated carbocycles. The minimum atomic E-state index is -2.05. The van der Waals surface area contributed by atoms with Crippen LogP contribution in [0.3, 0.4) is 0 Å². The summed E-state index contributed by atoms with van der Waals surface area (Å²) >= 11 is 1.15. The smallest absolute Gasteiger partial charge is 0.329 e. The van der Waals surface area contributed by atoms with Crippen molar-refractivity contribution in [3.8, 4) is 0 Å². The van der Waals surface area contributed by atoms with Gasteiger partial charge in [0.15, 0.2) is 0 Å². The number of H-pyrrole nitrogens is 1. The Bertz CT molecular complexity index is 638. The Morgan fingerprint density at radius 3 is 2.80 bits per heavy atom. The Hall–Kier alpha value is -1.45. The van der Waals surface area contributed by atoms with Gasteiger partial charge in [-0.15, -0.1) is 11.8 Å². The number of aliphatic hydroxyl groups is 2. The van der Waals surface area contributed by atoms with Gasteiger partial charge in [-0.1, -0.05) is 0 Å². The second-order valence-corrected chi connectivity index (χ2v) is 5.72. The quantitative estimate of drug-likeness (QED) is 0.738. The molecule has 0 spiro atoms. The van der Waals surface area contributed by atoms with Crippen LogP contribution in [0.15, 0.2) is 21.9 Å². The molecular formula is C11H12F2N2O4S. The normalized spacial score (nSPS) is 25.7. The second kappa shape index (κ2) is 5.90. The van der Waals surface area contributed by atoms with Gasteiger partial charge in [0.1, 0.15) is 0 Å². The third-order valence-electron chi connectivity index (χ3n) is 2.95. The molecule has 2 rings (SSSR count). The number of nitrogens with zero attached hydrogens (tertiary/aromatic N) is 1. The first-order chi connectivity index (χ1) is 9.42. The summed E-state index contributed by atoms with van der Waals surface area (Å²) in [5, 5.41) is 17.8. The summed E-state index contributed by atoms with van der Waals surface area (Å²) in [6.07, 6.45) is -1.26. The van der Waals surface area contributed by atoms with E-state index in [1.54, 1.807) is 0 Å². The summed E-state index contributed by atoms with van der Waals surface area (Å²) in [5.41, 5.74) is -1.98. The Balaban J connectivity index is 2.40. The molecule has 1 aromatic heterocycles. The van der Waals surface area contributed by atoms with Gasteiger partial charge in [0.05, 0.1) is 28.9 Å². The maximum atomic E-state index is 12.2. The molecule has 2 heterocycles. The highest BCUT2D eigenvalue weighted by Gasteiger charge is 2.34. The van der Waals surface area contributed by atoms with E-state index in [1.165, 1.54) is 0 Å². The highest BCUT2D eigenvalue weighted by molar-refractivity contribution is 8.00. The van der Waals surface area contributed by atoms with Crippen LogP contribution in [0.4, 0.5) is 8.78 Å². The fourth-order valence-corrected chi connectivity index (χ4v) is 3.36. The van der Waals surface area contributed by atoms with Crippen molar-refractivity contribution in [3.63, 3.8) is 0 Å². The van der Waals surface area contributed by atoms with E-state index in [2.05, 4.69) is 0 Å². The molecule has 1 fully saturated rings. The van der Waals surface area contributed by atoms with Gasteiger partial charge in [0, 0.05) is 18.7 Å². The SMILES string of the molecule is O=c1[nH]c(=O)n([C@H]2C[C@H](O)[C@@H](CO)S2)cc1C=C(F)F. The minimum Gasteiger partial charge on any atom is -0.395 e. The van der Waals surface area contributed by atoms with E-state index in [1.807, 2.05) is 4.98 Å². The van der Waals surface area contributed by atoms with Gasteiger partial charge in [-0.25, -0.2) is 4.79 Å². The van der Waals surface area contributed by atoms with Gasteiger partial charge in [-0.3, -0.25) is 14.3 Å². The highest BCUT2D eigenvalue weighted by Crippen LogP contribution is 2.40. The molecule has 3 atom stereocenters. The summed E-state index contributed by atoms with van der Waals surface area (Å²) in [6.45, 7) is -0.258. The van der Waals surface area contributed by atoms with Crippen LogP contribution in [-0.4, -0.2) is 37.7 Å². The van der Waals surface area contributed by atoms with E-state index in [4.69, 9.17) is 5.11 Å². The number of aliphatic hydroxyl groups excluding tert-OH is 2. The lowest BCUT2D eigenvalue weighted by molar-refractivity contribution is 0.137. The van der Waals surface area contributed by atoms with E-state index in [9.17, 15) is 23.5 Å². The molecule has 0 unspecified atom stereocenters. The first-order valence-corrected chi connectivity index (χ1v) is 6.69. The molecule has 1 aliphatic rings. The number of nitrogens with one attached hydrogen (secondary N) is 1. The van der Waals surface area contributed by atoms with Crippen molar-refractivity contribution < 1.29 is 19.0 Å². The second-order valence-electron chi connectivity index (χ2n) is 4.30. The molecule has 1 aromatic rings. The van der Waals surface area contributed by atoms with E-state index in [0.29, 0.717) is 6.08 Å². The lowest BCUT2D eigenvalue weighted by Gasteiger charge is -2.13. The first kappa shape index (κ1) is 14.9. The molecule has 110 valence electrons. The largest absolute Gasteiger partial charge is 0.395 e. The van der Waals surface area contributed by atoms with Crippen LogP contribution in [0.5, 0.6) is 0 Å². The predicted molar refractivity (Wildman–Crippen MR) is 69.6 cm³/mol. The van der Waals surface area contributed by atoms with Crippen LogP contribution in [0.25, 0.3) is 6.08 Å². The van der Waals surface area contributed by atoms with Gasteiger partial charge < -0.3 is 10.2 Å².